The van der Waals surface area contributed by atoms with Crippen molar-refractivity contribution >= 4 is 65.0 Å². The standard InChI is InChI=1S/C69H125N11O15/c1-27-29-30-45(15)58(81)57-62(85)72-48(28-2)64(87)78(22)53(38-95-34-33-54(93-25)94-26)67(90)75(19)50(35-40(5)6)61(84)73-55(43(11)12)68(91)74(18)49(32-31-39(3)4)60(83)70-46(16)59(82)71-47(17)63(86)76(20)51(36-41(7)8)65(88)77(21)52(37-42(9)10)66(89)79(23)56(44(13)14)69(92)80(57)24/h27,29,39-58,81H,28,30-38H2,1-26H3,(H,70,83)(H,71,82)(H,72,85)(H,73,84)/b29-27+/t45-,46-,47+,48+,49-,50+,51+,52+,53-,55-,56+,57+,58-/m1/s1. The van der Waals surface area contributed by atoms with E-state index in [2.05, 4.69) is 21.3 Å². The molecular weight excluding hydrogens is 1220 g/mol. The minimum atomic E-state index is -1.67. The van der Waals surface area contributed by atoms with Gasteiger partial charge in [0, 0.05) is 70.0 Å². The second kappa shape index (κ2) is 41.1. The van der Waals surface area contributed by atoms with Crippen molar-refractivity contribution < 1.29 is 72.1 Å². The van der Waals surface area contributed by atoms with Gasteiger partial charge in [-0.1, -0.05) is 109 Å². The molecule has 1 rings (SSSR count). The van der Waals surface area contributed by atoms with E-state index in [0.29, 0.717) is 6.42 Å². The van der Waals surface area contributed by atoms with Gasteiger partial charge in [0.1, 0.15) is 66.5 Å². The van der Waals surface area contributed by atoms with E-state index in [1.807, 2.05) is 55.4 Å². The van der Waals surface area contributed by atoms with Crippen molar-refractivity contribution in [3.8, 4) is 0 Å². The van der Waals surface area contributed by atoms with E-state index >= 15 is 28.8 Å². The molecule has 95 heavy (non-hydrogen) atoms. The van der Waals surface area contributed by atoms with Crippen LogP contribution < -0.4 is 21.3 Å². The summed E-state index contributed by atoms with van der Waals surface area (Å²) in [7, 11) is 12.8. The lowest BCUT2D eigenvalue weighted by Gasteiger charge is -2.41. The first-order valence-corrected chi connectivity index (χ1v) is 34.1. The number of amides is 11. The van der Waals surface area contributed by atoms with E-state index in [4.69, 9.17) is 14.2 Å². The number of allylic oxidation sites excluding steroid dienone is 2. The van der Waals surface area contributed by atoms with Crippen LogP contribution in [0.3, 0.4) is 0 Å². The average Bonchev–Trinajstić information content (AvgIpc) is 0.809. The van der Waals surface area contributed by atoms with Crippen molar-refractivity contribution in [2.75, 3.05) is 76.8 Å². The average molecular weight is 1350 g/mol. The van der Waals surface area contributed by atoms with Crippen molar-refractivity contribution in [1.29, 1.82) is 0 Å². The summed E-state index contributed by atoms with van der Waals surface area (Å²) in [6.07, 6.45) is 2.80. The smallest absolute Gasteiger partial charge is 0.248 e. The number of likely N-dealkylation sites (N-methyl/N-ethyl adjacent to an activating group) is 7. The minimum absolute atomic E-state index is 0.00696. The van der Waals surface area contributed by atoms with Crippen LogP contribution in [0.15, 0.2) is 12.2 Å². The van der Waals surface area contributed by atoms with Gasteiger partial charge in [0.2, 0.25) is 65.0 Å². The highest BCUT2D eigenvalue weighted by Crippen LogP contribution is 2.26. The summed E-state index contributed by atoms with van der Waals surface area (Å²) in [4.78, 5) is 173. The molecule has 13 atom stereocenters. The largest absolute Gasteiger partial charge is 0.390 e. The summed E-state index contributed by atoms with van der Waals surface area (Å²) in [5.41, 5.74) is 0. The van der Waals surface area contributed by atoms with Gasteiger partial charge < -0.3 is 74.9 Å². The first-order valence-electron chi connectivity index (χ1n) is 34.1. The van der Waals surface area contributed by atoms with Crippen molar-refractivity contribution in [2.24, 2.45) is 41.4 Å². The Morgan fingerprint density at radius 2 is 0.905 bits per heavy atom. The molecule has 0 aromatic heterocycles. The van der Waals surface area contributed by atoms with Crippen LogP contribution in [0.2, 0.25) is 0 Å². The summed E-state index contributed by atoms with van der Waals surface area (Å²) in [6.45, 7) is 29.6. The van der Waals surface area contributed by atoms with E-state index in [1.165, 1.54) is 102 Å². The zero-order valence-corrected chi connectivity index (χ0v) is 62.6. The SMILES string of the molecule is C/C=C/C[C@@H](C)[C@@H](O)[C@H]1C(=O)N[C@@H](CC)C(=O)N(C)[C@H](COCCC(OC)OC)C(=O)N(C)[C@@H](CC(C)C)C(=O)N[C@H](C(C)C)C(=O)N(C)[C@H](CCC(C)C)C(=O)N[C@H](C)C(=O)N[C@@H](C)C(=O)N(C)[C@@H](CC(C)C)C(=O)N(C)[C@@H](CC(C)C)C(=O)N(C)[C@@H](C(C)C)C(=O)N1C. The Bertz CT molecular complexity index is 2540. The highest BCUT2D eigenvalue weighted by molar-refractivity contribution is 6.00. The molecule has 1 aliphatic rings. The van der Waals surface area contributed by atoms with E-state index in [9.17, 15) is 29.1 Å². The number of rotatable bonds is 23. The molecule has 0 aromatic rings. The highest BCUT2D eigenvalue weighted by Gasteiger charge is 2.46. The quantitative estimate of drug-likeness (QED) is 0.0548. The molecular formula is C69H125N11O15. The monoisotopic (exact) mass is 1350 g/mol. The summed E-state index contributed by atoms with van der Waals surface area (Å²) in [6, 6.07) is -14.3. The van der Waals surface area contributed by atoms with Gasteiger partial charge in [0.25, 0.3) is 0 Å². The fourth-order valence-corrected chi connectivity index (χ4v) is 11.8. The minimum Gasteiger partial charge on any atom is -0.390 e. The number of aliphatic hydroxyl groups is 1. The Morgan fingerprint density at radius 3 is 1.38 bits per heavy atom. The molecule has 0 aliphatic carbocycles. The number of nitrogens with one attached hydrogen (secondary N) is 4. The van der Waals surface area contributed by atoms with Crippen LogP contribution in [0.1, 0.15) is 169 Å². The van der Waals surface area contributed by atoms with Gasteiger partial charge in [0.05, 0.1) is 19.3 Å². The molecule has 26 nitrogen and oxygen atoms in total. The predicted octanol–water partition coefficient (Wildman–Crippen LogP) is 4.05. The van der Waals surface area contributed by atoms with Crippen LogP contribution in [0, 0.1) is 41.4 Å². The summed E-state index contributed by atoms with van der Waals surface area (Å²) < 4.78 is 16.8. The maximum absolute atomic E-state index is 15.4. The van der Waals surface area contributed by atoms with Crippen LogP contribution in [0.25, 0.3) is 0 Å². The lowest BCUT2D eigenvalue weighted by Crippen LogP contribution is -2.64. The van der Waals surface area contributed by atoms with Crippen molar-refractivity contribution in [1.82, 2.24) is 55.6 Å². The number of aliphatic hydroxyl groups excluding tert-OH is 1. The summed E-state index contributed by atoms with van der Waals surface area (Å²) >= 11 is 0. The first-order chi connectivity index (χ1) is 44.1. The second-order valence-corrected chi connectivity index (χ2v) is 28.4. The molecule has 546 valence electrons. The van der Waals surface area contributed by atoms with Gasteiger partial charge in [-0.05, 0) is 107 Å². The van der Waals surface area contributed by atoms with E-state index in [1.54, 1.807) is 60.6 Å². The number of hydrogen-bond acceptors (Lipinski definition) is 15. The fraction of sp³-hybridized carbons (Fsp3) is 0.812. The molecule has 1 saturated heterocycles. The first kappa shape index (κ1) is 86.8. The summed E-state index contributed by atoms with van der Waals surface area (Å²) in [5, 5.41) is 23.4. The number of methoxy groups -OCH3 is 2. The molecule has 0 aromatic carbocycles. The Kier molecular flexibility index (Phi) is 37.5. The number of nitrogens with zero attached hydrogens (tertiary/aromatic N) is 7. The van der Waals surface area contributed by atoms with Gasteiger partial charge >= 0.3 is 0 Å². The topological polar surface area (TPSA) is 306 Å². The number of ether oxygens (including phenoxy) is 3. The van der Waals surface area contributed by atoms with Crippen LogP contribution in [-0.4, -0.2) is 260 Å². The molecule has 26 heteroatoms. The van der Waals surface area contributed by atoms with E-state index in [0.717, 1.165) is 9.80 Å². The lowest BCUT2D eigenvalue weighted by molar-refractivity contribution is -0.157. The third-order valence-electron chi connectivity index (χ3n) is 18.0. The van der Waals surface area contributed by atoms with Gasteiger partial charge in [0.15, 0.2) is 6.29 Å². The van der Waals surface area contributed by atoms with Gasteiger partial charge in [-0.15, -0.1) is 0 Å². The van der Waals surface area contributed by atoms with Gasteiger partial charge in [-0.2, -0.15) is 0 Å². The van der Waals surface area contributed by atoms with Crippen LogP contribution in [0.5, 0.6) is 0 Å². The number of hydrogen-bond donors (Lipinski definition) is 5. The van der Waals surface area contributed by atoms with E-state index < -0.39 is 168 Å². The molecule has 0 bridgehead atoms. The van der Waals surface area contributed by atoms with Gasteiger partial charge in [-0.25, -0.2) is 0 Å². The maximum atomic E-state index is 15.4. The van der Waals surface area contributed by atoms with Gasteiger partial charge in [-0.3, -0.25) is 52.7 Å². The predicted molar refractivity (Wildman–Crippen MR) is 365 cm³/mol. The number of carbonyl (C=O) groups excluding carboxylic acids is 11. The summed E-state index contributed by atoms with van der Waals surface area (Å²) in [5.74, 6) is -10.1. The fourth-order valence-electron chi connectivity index (χ4n) is 11.8. The molecule has 1 aliphatic heterocycles. The molecule has 1 fully saturated rings. The van der Waals surface area contributed by atoms with Crippen LogP contribution >= 0.6 is 0 Å². The third-order valence-corrected chi connectivity index (χ3v) is 18.0. The Hall–Kier alpha value is -6.25. The molecule has 5 N–H and O–H groups in total. The Balaban J connectivity index is 4.57. The number of carbonyl (C=O) groups is 11. The molecule has 0 saturated carbocycles. The molecule has 0 radical (unpaired) electrons. The van der Waals surface area contributed by atoms with Crippen molar-refractivity contribution in [3.05, 3.63) is 12.2 Å². The highest BCUT2D eigenvalue weighted by atomic mass is 16.7. The Labute approximate surface area is 568 Å². The van der Waals surface area contributed by atoms with Crippen molar-refractivity contribution in [2.45, 2.75) is 248 Å². The third kappa shape index (κ3) is 25.3. The normalized spacial score (nSPS) is 26.2. The lowest BCUT2D eigenvalue weighted by atomic mass is 9.91. The van der Waals surface area contributed by atoms with Crippen LogP contribution in [-0.2, 0) is 67.0 Å². The van der Waals surface area contributed by atoms with Crippen LogP contribution in [0.4, 0.5) is 0 Å². The zero-order valence-electron chi connectivity index (χ0n) is 62.6. The van der Waals surface area contributed by atoms with E-state index in [-0.39, 0.29) is 75.2 Å². The van der Waals surface area contributed by atoms with Crippen molar-refractivity contribution in [3.63, 3.8) is 0 Å². The second-order valence-electron chi connectivity index (χ2n) is 28.4. The molecule has 0 spiro atoms. The molecule has 1 heterocycles. The molecule has 0 unspecified atom stereocenters. The maximum Gasteiger partial charge on any atom is 0.248 e. The zero-order chi connectivity index (χ0) is 73.4. The Morgan fingerprint density at radius 1 is 0.463 bits per heavy atom. The molecule has 11 amide bonds.